The molecular weight excluding hydrogens is 1430 g/mol. The van der Waals surface area contributed by atoms with Gasteiger partial charge in [0.2, 0.25) is 0 Å². The summed E-state index contributed by atoms with van der Waals surface area (Å²) in [6, 6.07) is 0. The van der Waals surface area contributed by atoms with Crippen molar-refractivity contribution in [3.63, 3.8) is 0 Å². The predicted molar refractivity (Wildman–Crippen MR) is 351 cm³/mol. The first-order chi connectivity index (χ1) is 50.6. The smallest absolute Gasteiger partial charge is 0.187 e. The molecule has 10 fully saturated rings. The molecule has 0 aromatic heterocycles. The Morgan fingerprint density at radius 1 is 0.449 bits per heavy atom. The first-order valence-corrected chi connectivity index (χ1v) is 37.5. The summed E-state index contributed by atoms with van der Waals surface area (Å²) in [5.41, 5.74) is 0.571. The molecule has 12 aliphatic rings. The quantitative estimate of drug-likeness (QED) is 0.0448. The second kappa shape index (κ2) is 32.9. The highest BCUT2D eigenvalue weighted by molar-refractivity contribution is 5.83. The van der Waals surface area contributed by atoms with Gasteiger partial charge in [0.1, 0.15) is 165 Å². The molecule has 4 aliphatic carbocycles. The van der Waals surface area contributed by atoms with Crippen molar-refractivity contribution in [2.75, 3.05) is 46.2 Å². The standard InChI is InChI=1S/C70H114O37/c1-8-29(76)31-17-25(2)70(107-31)16-15-68(6)28-9-10-37-66(4,27(28)11-14-69(68,70)7)13-12-38(67(37,5)24-75)101-60-50(89)48(87)42(81)36(100-60)23-94-64-57(40(79)30(77)22-93-64)105-65-58(106-59-49(88)46(85)39(78)26(3)95-59)56(45(84)35(21-74)99-65)104-63-53(92)55(44(83)34(20-73)98-63)103-62-52(91)54(43(82)33(19-72)97-62)102-61-51(90)47(86)41(80)32(18-71)96-61/h25-26,30-65,71-75,77-92H,8-24H2,1-7H3/t25-,26+,30+,31+,32-,33-,34-,35-,36-,37-,38+,39+,40+,41-,42-,43+,44-,45-,46-,47+,48+,49-,50-,51-,52-,53-,54+,55+,56+,57-,58-,59+,60+,61+,62+,63+,64+,65+,66-,67-,68+,69+,70+/m1/s1. The molecule has 8 saturated heterocycles. The average Bonchev–Trinajstić information content (AvgIpc) is 1.54. The number of carbonyl (C=O) groups is 1. The molecule has 8 heterocycles. The number of aliphatic hydroxyl groups excluding tert-OH is 21. The highest BCUT2D eigenvalue weighted by atomic mass is 16.8. The average molecular weight is 1550 g/mol. The van der Waals surface area contributed by atoms with Gasteiger partial charge in [0.05, 0.1) is 64.1 Å². The summed E-state index contributed by atoms with van der Waals surface area (Å²) in [5, 5.41) is 234. The summed E-state index contributed by atoms with van der Waals surface area (Å²) in [5.74, 6) is 0.182. The van der Waals surface area contributed by atoms with Crippen LogP contribution in [0.15, 0.2) is 11.1 Å². The van der Waals surface area contributed by atoms with Crippen LogP contribution in [0.3, 0.4) is 0 Å². The van der Waals surface area contributed by atoms with Crippen molar-refractivity contribution in [1.29, 1.82) is 0 Å². The van der Waals surface area contributed by atoms with Gasteiger partial charge in [-0.2, -0.15) is 0 Å². The van der Waals surface area contributed by atoms with Gasteiger partial charge < -0.3 is 178 Å². The van der Waals surface area contributed by atoms with Crippen LogP contribution < -0.4 is 0 Å². The maximum atomic E-state index is 13.1. The minimum Gasteiger partial charge on any atom is -0.396 e. The van der Waals surface area contributed by atoms with E-state index >= 15 is 0 Å². The van der Waals surface area contributed by atoms with Crippen LogP contribution in [0, 0.1) is 33.5 Å². The van der Waals surface area contributed by atoms with Gasteiger partial charge in [-0.25, -0.2) is 0 Å². The largest absolute Gasteiger partial charge is 0.396 e. The molecular formula is C70H114O37. The minimum absolute atomic E-state index is 0.128. The fourth-order valence-corrected chi connectivity index (χ4v) is 20.1. The van der Waals surface area contributed by atoms with Crippen molar-refractivity contribution in [1.82, 2.24) is 0 Å². The van der Waals surface area contributed by atoms with Crippen LogP contribution >= 0.6 is 0 Å². The zero-order chi connectivity index (χ0) is 77.8. The zero-order valence-corrected chi connectivity index (χ0v) is 60.9. The van der Waals surface area contributed by atoms with E-state index < -0.39 is 272 Å². The number of aliphatic hydroxyl groups is 21. The lowest BCUT2D eigenvalue weighted by Gasteiger charge is -2.63. The number of ketones is 1. The van der Waals surface area contributed by atoms with E-state index in [-0.39, 0.29) is 40.5 Å². The minimum atomic E-state index is -2.36. The van der Waals surface area contributed by atoms with Crippen LogP contribution in [0.2, 0.25) is 0 Å². The van der Waals surface area contributed by atoms with Crippen molar-refractivity contribution in [2.45, 2.75) is 339 Å². The molecule has 8 aliphatic heterocycles. The summed E-state index contributed by atoms with van der Waals surface area (Å²) < 4.78 is 91.1. The number of Topliss-reactive ketones (excluding diaryl/α,β-unsaturated/α-hetero) is 1. The Hall–Kier alpha value is -2.03. The van der Waals surface area contributed by atoms with Crippen molar-refractivity contribution < 1.29 is 183 Å². The zero-order valence-electron chi connectivity index (χ0n) is 60.9. The van der Waals surface area contributed by atoms with Gasteiger partial charge >= 0.3 is 0 Å². The molecule has 107 heavy (non-hydrogen) atoms. The van der Waals surface area contributed by atoms with E-state index in [9.17, 15) is 112 Å². The van der Waals surface area contributed by atoms with E-state index in [2.05, 4.69) is 27.7 Å². The van der Waals surface area contributed by atoms with Crippen molar-refractivity contribution >= 4 is 5.78 Å². The number of hydrogen-bond acceptors (Lipinski definition) is 37. The third-order valence-corrected chi connectivity index (χ3v) is 26.8. The highest BCUT2D eigenvalue weighted by Gasteiger charge is 2.73. The molecule has 0 aromatic rings. The van der Waals surface area contributed by atoms with Gasteiger partial charge in [0, 0.05) is 17.3 Å². The molecule has 37 nitrogen and oxygen atoms in total. The van der Waals surface area contributed by atoms with Crippen LogP contribution in [-0.2, 0) is 75.8 Å². The lowest BCUT2D eigenvalue weighted by atomic mass is 9.42. The van der Waals surface area contributed by atoms with Crippen LogP contribution in [0.4, 0.5) is 0 Å². The molecule has 21 N–H and O–H groups in total. The maximum Gasteiger partial charge on any atom is 0.187 e. The van der Waals surface area contributed by atoms with E-state index in [1.54, 1.807) is 0 Å². The number of fused-ring (bicyclic) bond motifs is 5. The van der Waals surface area contributed by atoms with Crippen LogP contribution in [0.5, 0.6) is 0 Å². The van der Waals surface area contributed by atoms with E-state index in [1.165, 1.54) is 18.1 Å². The summed E-state index contributed by atoms with van der Waals surface area (Å²) >= 11 is 0. The Morgan fingerprint density at radius 2 is 0.925 bits per heavy atom. The van der Waals surface area contributed by atoms with E-state index in [1.807, 2.05) is 13.8 Å². The summed E-state index contributed by atoms with van der Waals surface area (Å²) in [6.07, 6.45) is -60.8. The molecule has 0 amide bonds. The van der Waals surface area contributed by atoms with Gasteiger partial charge in [-0.3, -0.25) is 4.79 Å². The Morgan fingerprint density at radius 3 is 1.49 bits per heavy atom. The Labute approximate surface area is 617 Å². The molecule has 0 bridgehead atoms. The number of hydrogen-bond donors (Lipinski definition) is 21. The summed E-state index contributed by atoms with van der Waals surface area (Å²) in [7, 11) is 0. The molecule has 616 valence electrons. The lowest BCUT2D eigenvalue weighted by Crippen LogP contribution is -2.69. The number of rotatable bonds is 22. The fraction of sp³-hybridized carbons (Fsp3) is 0.957. The van der Waals surface area contributed by atoms with Gasteiger partial charge in [0.15, 0.2) is 49.8 Å². The Balaban J connectivity index is 0.764. The SMILES string of the molecule is CCC(=O)[C@@H]1C[C@@H](C)[C@]2(CC[C@@]3(C)C4=C(CC[C@@]32C)[C@@]2(C)CC[C@H](O[C@@H]3O[C@H](CO[C@@H]5OC[C@H](O)[C@H](O)[C@H]5O[C@@H]5O[C@H](CO)[C@@H](O)[C@H](O[C@@H]6O[C@H](CO)[C@@H](O)[C@H](O[C@@H]7O[C@H](CO)[C@H](O)[C@H](O[C@@H]8O[C@H](CO)[C@@H](O)[C@H](O)[C@H]8O)[C@H]7O)[C@H]6O)[C@H]5O[C@@H]5O[C@@H](C)[C@H](O)[C@@H](O)[C@H]5O)[C@@H](O)[C@H](O)[C@H]3O)[C@](C)(CO)[C@@H]2CC4)O1. The lowest BCUT2D eigenvalue weighted by molar-refractivity contribution is -0.412. The fourth-order valence-electron chi connectivity index (χ4n) is 20.1. The molecule has 0 radical (unpaired) electrons. The number of ether oxygens (including phenoxy) is 15. The van der Waals surface area contributed by atoms with Crippen LogP contribution in [0.25, 0.3) is 0 Å². The third-order valence-electron chi connectivity index (χ3n) is 26.8. The number of carbonyl (C=O) groups excluding carboxylic acids is 1. The van der Waals surface area contributed by atoms with E-state index in [0.717, 1.165) is 32.1 Å². The highest BCUT2D eigenvalue weighted by Crippen LogP contribution is 2.75. The van der Waals surface area contributed by atoms with E-state index in [0.29, 0.717) is 32.1 Å². The monoisotopic (exact) mass is 1550 g/mol. The topological polar surface area (TPSA) is 580 Å². The van der Waals surface area contributed by atoms with Gasteiger partial charge in [-0.15, -0.1) is 0 Å². The maximum absolute atomic E-state index is 13.1. The molecule has 37 heteroatoms. The Bertz CT molecular complexity index is 3020. The van der Waals surface area contributed by atoms with Gasteiger partial charge in [-0.1, -0.05) is 52.7 Å². The second-order valence-corrected chi connectivity index (χ2v) is 32.5. The molecule has 43 atom stereocenters. The normalized spacial score (nSPS) is 54.6. The molecule has 1 spiro atoms. The van der Waals surface area contributed by atoms with Gasteiger partial charge in [0.25, 0.3) is 0 Å². The molecule has 0 aromatic carbocycles. The third kappa shape index (κ3) is 14.6. The molecule has 12 rings (SSSR count). The predicted octanol–water partition coefficient (Wildman–Crippen LogP) is -7.97. The summed E-state index contributed by atoms with van der Waals surface area (Å²) in [4.78, 5) is 13.1. The van der Waals surface area contributed by atoms with Crippen LogP contribution in [0.1, 0.15) is 113 Å². The van der Waals surface area contributed by atoms with Crippen molar-refractivity contribution in [2.24, 2.45) is 33.5 Å². The van der Waals surface area contributed by atoms with Crippen molar-refractivity contribution in [3.8, 4) is 0 Å². The summed E-state index contributed by atoms with van der Waals surface area (Å²) in [6.45, 7) is 8.47. The van der Waals surface area contributed by atoms with Crippen LogP contribution in [-0.4, -0.2) is 386 Å². The first-order valence-electron chi connectivity index (χ1n) is 37.5. The molecule has 2 saturated carbocycles. The van der Waals surface area contributed by atoms with E-state index in [4.69, 9.17) is 71.1 Å². The number of allylic oxidation sites excluding steroid dienone is 2. The molecule has 0 unspecified atom stereocenters. The van der Waals surface area contributed by atoms with Gasteiger partial charge in [-0.05, 0) is 87.4 Å². The second-order valence-electron chi connectivity index (χ2n) is 32.5. The first kappa shape index (κ1) is 84.4. The van der Waals surface area contributed by atoms with Crippen molar-refractivity contribution in [3.05, 3.63) is 11.1 Å². The Kier molecular flexibility index (Phi) is 26.0.